The van der Waals surface area contributed by atoms with Gasteiger partial charge in [-0.2, -0.15) is 0 Å². The molecule has 3 N–H and O–H groups in total. The van der Waals surface area contributed by atoms with E-state index in [4.69, 9.17) is 0 Å². The van der Waals surface area contributed by atoms with Crippen LogP contribution in [0.3, 0.4) is 0 Å². The lowest BCUT2D eigenvalue weighted by Crippen LogP contribution is -2.50. The number of guanidine groups is 1. The van der Waals surface area contributed by atoms with E-state index in [9.17, 15) is 8.42 Å². The number of nitrogens with one attached hydrogen (secondary N) is 3. The number of hydrogen-bond acceptors (Lipinski definition) is 5. The fourth-order valence-corrected chi connectivity index (χ4v) is 5.68. The van der Waals surface area contributed by atoms with Crippen LogP contribution in [0.5, 0.6) is 0 Å². The molecule has 1 aliphatic rings. The Bertz CT molecular complexity index is 893. The zero-order valence-electron chi connectivity index (χ0n) is 17.5. The van der Waals surface area contributed by atoms with Crippen LogP contribution >= 0.6 is 11.3 Å². The molecule has 164 valence electrons. The lowest BCUT2D eigenvalue weighted by Gasteiger charge is -2.37. The summed E-state index contributed by atoms with van der Waals surface area (Å²) in [6.45, 7) is 5.10. The van der Waals surface area contributed by atoms with Crippen LogP contribution in [0, 0.1) is 0 Å². The fourth-order valence-electron chi connectivity index (χ4n) is 3.62. The van der Waals surface area contributed by atoms with Crippen molar-refractivity contribution >= 4 is 27.3 Å². The molecule has 0 bridgehead atoms. The van der Waals surface area contributed by atoms with Gasteiger partial charge in [-0.25, -0.2) is 13.1 Å². The molecule has 1 saturated heterocycles. The highest BCUT2D eigenvalue weighted by Crippen LogP contribution is 2.24. The Balaban J connectivity index is 1.38. The third-order valence-corrected chi connectivity index (χ3v) is 8.25. The van der Waals surface area contributed by atoms with Crippen molar-refractivity contribution in [3.63, 3.8) is 0 Å². The smallest absolute Gasteiger partial charge is 0.250 e. The normalized spacial score (nSPS) is 17.6. The molecule has 2 heterocycles. The number of benzene rings is 1. The molecule has 30 heavy (non-hydrogen) atoms. The maximum Gasteiger partial charge on any atom is 0.250 e. The molecule has 2 aromatic rings. The topological polar surface area (TPSA) is 85.8 Å². The van der Waals surface area contributed by atoms with Crippen molar-refractivity contribution < 1.29 is 8.42 Å². The van der Waals surface area contributed by atoms with Gasteiger partial charge in [0.1, 0.15) is 4.21 Å². The summed E-state index contributed by atoms with van der Waals surface area (Å²) in [5.41, 5.74) is 1.35. The summed E-state index contributed by atoms with van der Waals surface area (Å²) in [5.74, 6) is 0.708. The molecular weight excluding hydrogens is 418 g/mol. The van der Waals surface area contributed by atoms with Gasteiger partial charge in [-0.1, -0.05) is 36.4 Å². The number of piperidine rings is 1. The molecule has 9 heteroatoms. The first-order valence-electron chi connectivity index (χ1n) is 10.3. The molecule has 3 rings (SSSR count). The zero-order chi connectivity index (χ0) is 21.4. The van der Waals surface area contributed by atoms with Gasteiger partial charge in [0.15, 0.2) is 5.96 Å². The van der Waals surface area contributed by atoms with Gasteiger partial charge in [0.05, 0.1) is 0 Å². The van der Waals surface area contributed by atoms with Crippen molar-refractivity contribution in [2.75, 3.05) is 33.2 Å². The highest BCUT2D eigenvalue weighted by molar-refractivity contribution is 7.91. The maximum atomic E-state index is 12.1. The SMILES string of the molecule is CN=C(NCCNS(=O)(=O)c1cccs1)NC1CCN(C(C)c2ccccc2)CC1. The number of thiophene rings is 1. The second-order valence-electron chi connectivity index (χ2n) is 7.37. The van der Waals surface area contributed by atoms with E-state index in [0.717, 1.165) is 25.9 Å². The van der Waals surface area contributed by atoms with E-state index in [2.05, 4.69) is 62.5 Å². The van der Waals surface area contributed by atoms with Crippen molar-refractivity contribution in [2.45, 2.75) is 36.1 Å². The van der Waals surface area contributed by atoms with Crippen molar-refractivity contribution in [2.24, 2.45) is 4.99 Å². The van der Waals surface area contributed by atoms with Crippen LogP contribution in [0.15, 0.2) is 57.0 Å². The highest BCUT2D eigenvalue weighted by atomic mass is 32.2. The summed E-state index contributed by atoms with van der Waals surface area (Å²) in [4.78, 5) is 6.79. The van der Waals surface area contributed by atoms with E-state index in [1.807, 2.05) is 0 Å². The van der Waals surface area contributed by atoms with Gasteiger partial charge in [-0.05, 0) is 36.8 Å². The summed E-state index contributed by atoms with van der Waals surface area (Å²) < 4.78 is 27.2. The van der Waals surface area contributed by atoms with Crippen LogP contribution < -0.4 is 15.4 Å². The van der Waals surface area contributed by atoms with Crippen molar-refractivity contribution in [1.29, 1.82) is 0 Å². The minimum absolute atomic E-state index is 0.300. The van der Waals surface area contributed by atoms with E-state index in [-0.39, 0.29) is 0 Å². The second kappa shape index (κ2) is 10.9. The van der Waals surface area contributed by atoms with Crippen LogP contribution in [0.25, 0.3) is 0 Å². The molecule has 0 amide bonds. The van der Waals surface area contributed by atoms with Gasteiger partial charge < -0.3 is 10.6 Å². The molecule has 1 aromatic carbocycles. The van der Waals surface area contributed by atoms with Crippen molar-refractivity contribution in [1.82, 2.24) is 20.3 Å². The monoisotopic (exact) mass is 449 g/mol. The van der Waals surface area contributed by atoms with Gasteiger partial charge in [0.25, 0.3) is 0 Å². The third kappa shape index (κ3) is 6.28. The predicted octanol–water partition coefficient (Wildman–Crippen LogP) is 2.42. The van der Waals surface area contributed by atoms with Gasteiger partial charge in [0, 0.05) is 45.3 Å². The molecule has 0 radical (unpaired) electrons. The molecule has 0 aliphatic carbocycles. The number of rotatable bonds is 8. The van der Waals surface area contributed by atoms with Gasteiger partial charge >= 0.3 is 0 Å². The number of sulfonamides is 1. The number of likely N-dealkylation sites (tertiary alicyclic amines) is 1. The molecule has 1 aromatic heterocycles. The summed E-state index contributed by atoms with van der Waals surface area (Å²) in [7, 11) is -1.69. The fraction of sp³-hybridized carbons (Fsp3) is 0.476. The largest absolute Gasteiger partial charge is 0.355 e. The Kier molecular flexibility index (Phi) is 8.26. The summed E-state index contributed by atoms with van der Waals surface area (Å²) in [6, 6.07) is 14.7. The van der Waals surface area contributed by atoms with Gasteiger partial charge in [-0.15, -0.1) is 11.3 Å². The lowest BCUT2D eigenvalue weighted by molar-refractivity contribution is 0.158. The summed E-state index contributed by atoms with van der Waals surface area (Å²) in [6.07, 6.45) is 2.09. The lowest BCUT2D eigenvalue weighted by atomic mass is 10.0. The van der Waals surface area contributed by atoms with Crippen molar-refractivity contribution in [3.8, 4) is 0 Å². The van der Waals surface area contributed by atoms with E-state index in [1.54, 1.807) is 24.6 Å². The summed E-state index contributed by atoms with van der Waals surface area (Å²) >= 11 is 1.21. The van der Waals surface area contributed by atoms with E-state index >= 15 is 0 Å². The standard InChI is InChI=1S/C21H31N5O2S2/c1-17(18-7-4-3-5-8-18)26-14-10-19(11-15-26)25-21(22-2)23-12-13-24-30(27,28)20-9-6-16-29-20/h3-9,16-17,19,24H,10-15H2,1-2H3,(H2,22,23,25). The van der Waals surface area contributed by atoms with E-state index in [1.165, 1.54) is 16.9 Å². The Labute approximate surface area is 183 Å². The van der Waals surface area contributed by atoms with Gasteiger partial charge in [0.2, 0.25) is 10.0 Å². The summed E-state index contributed by atoms with van der Waals surface area (Å²) in [5, 5.41) is 8.42. The van der Waals surface area contributed by atoms with Crippen LogP contribution in [0.1, 0.15) is 31.4 Å². The molecule has 1 unspecified atom stereocenters. The second-order valence-corrected chi connectivity index (χ2v) is 10.3. The Morgan fingerprint density at radius 1 is 1.17 bits per heavy atom. The Hall–Kier alpha value is -1.94. The van der Waals surface area contributed by atoms with Crippen LogP contribution in [-0.4, -0.2) is 58.5 Å². The molecule has 7 nitrogen and oxygen atoms in total. The first-order valence-corrected chi connectivity index (χ1v) is 12.7. The minimum Gasteiger partial charge on any atom is -0.355 e. The molecule has 1 atom stereocenters. The Morgan fingerprint density at radius 3 is 2.53 bits per heavy atom. The highest BCUT2D eigenvalue weighted by Gasteiger charge is 2.24. The quantitative estimate of drug-likeness (QED) is 0.327. The third-order valence-electron chi connectivity index (χ3n) is 5.39. The number of nitrogens with zero attached hydrogens (tertiary/aromatic N) is 2. The zero-order valence-corrected chi connectivity index (χ0v) is 19.2. The first kappa shape index (κ1) is 22.7. The molecule has 1 fully saturated rings. The number of aliphatic imine (C=N–C) groups is 1. The van der Waals surface area contributed by atoms with E-state index in [0.29, 0.717) is 35.3 Å². The minimum atomic E-state index is -3.42. The molecule has 0 saturated carbocycles. The Morgan fingerprint density at radius 2 is 1.90 bits per heavy atom. The van der Waals surface area contributed by atoms with Crippen molar-refractivity contribution in [3.05, 3.63) is 53.4 Å². The predicted molar refractivity (Wildman–Crippen MR) is 123 cm³/mol. The van der Waals surface area contributed by atoms with Crippen LogP contribution in [0.4, 0.5) is 0 Å². The van der Waals surface area contributed by atoms with Gasteiger partial charge in [-0.3, -0.25) is 9.89 Å². The average Bonchev–Trinajstić information content (AvgIpc) is 3.32. The maximum absolute atomic E-state index is 12.1. The molecule has 1 aliphatic heterocycles. The van der Waals surface area contributed by atoms with Crippen LogP contribution in [-0.2, 0) is 10.0 Å². The van der Waals surface area contributed by atoms with E-state index < -0.39 is 10.0 Å². The molecule has 0 spiro atoms. The number of hydrogen-bond donors (Lipinski definition) is 3. The van der Waals surface area contributed by atoms with Crippen LogP contribution in [0.2, 0.25) is 0 Å². The molecular formula is C21H31N5O2S2. The average molecular weight is 450 g/mol. The first-order chi connectivity index (χ1) is 14.5.